The molecule has 3 aromatic carbocycles. The van der Waals surface area contributed by atoms with E-state index < -0.39 is 17.1 Å². The summed E-state index contributed by atoms with van der Waals surface area (Å²) in [5, 5.41) is 12.2. The Morgan fingerprint density at radius 2 is 1.80 bits per heavy atom. The van der Waals surface area contributed by atoms with E-state index in [4.69, 9.17) is 27.9 Å². The SMILES string of the molecule is Cc1cc(Cl)ccc1O[C@@H]1C(=O)N(c2cccc([N+](=O)[O-])c2)[C@H]1c1ccccc1Cl. The predicted molar refractivity (Wildman–Crippen MR) is 115 cm³/mol. The molecule has 30 heavy (non-hydrogen) atoms. The van der Waals surface area contributed by atoms with Crippen molar-refractivity contribution >= 4 is 40.5 Å². The van der Waals surface area contributed by atoms with Crippen molar-refractivity contribution in [2.24, 2.45) is 0 Å². The zero-order valence-electron chi connectivity index (χ0n) is 15.8. The molecule has 0 aliphatic carbocycles. The van der Waals surface area contributed by atoms with Gasteiger partial charge in [0.2, 0.25) is 6.10 Å². The van der Waals surface area contributed by atoms with Crippen molar-refractivity contribution in [1.29, 1.82) is 0 Å². The first-order chi connectivity index (χ1) is 14.4. The number of non-ortho nitro benzene ring substituents is 1. The van der Waals surface area contributed by atoms with Crippen LogP contribution in [-0.2, 0) is 4.79 Å². The first-order valence-electron chi connectivity index (χ1n) is 9.11. The second-order valence-electron chi connectivity index (χ2n) is 6.90. The summed E-state index contributed by atoms with van der Waals surface area (Å²) in [5.41, 5.74) is 1.80. The Hall–Kier alpha value is -3.09. The molecule has 4 rings (SSSR count). The van der Waals surface area contributed by atoms with E-state index in [1.807, 2.05) is 19.1 Å². The van der Waals surface area contributed by atoms with Crippen molar-refractivity contribution in [2.45, 2.75) is 19.1 Å². The molecule has 1 aliphatic heterocycles. The number of nitro benzene ring substituents is 1. The van der Waals surface area contributed by atoms with Crippen molar-refractivity contribution in [3.63, 3.8) is 0 Å². The first-order valence-corrected chi connectivity index (χ1v) is 9.87. The van der Waals surface area contributed by atoms with Crippen molar-refractivity contribution in [3.8, 4) is 5.75 Å². The number of hydrogen-bond donors (Lipinski definition) is 0. The second kappa shape index (κ2) is 7.97. The summed E-state index contributed by atoms with van der Waals surface area (Å²) in [6, 6.07) is 17.7. The highest BCUT2D eigenvalue weighted by Crippen LogP contribution is 2.44. The minimum absolute atomic E-state index is 0.101. The van der Waals surface area contributed by atoms with Crippen LogP contribution in [-0.4, -0.2) is 16.9 Å². The molecule has 1 heterocycles. The minimum Gasteiger partial charge on any atom is -0.478 e. The molecule has 3 aromatic rings. The van der Waals surface area contributed by atoms with E-state index in [2.05, 4.69) is 0 Å². The topological polar surface area (TPSA) is 72.7 Å². The first kappa shape index (κ1) is 20.2. The van der Waals surface area contributed by atoms with Gasteiger partial charge in [0.05, 0.1) is 10.6 Å². The van der Waals surface area contributed by atoms with Crippen LogP contribution in [0.4, 0.5) is 11.4 Å². The zero-order chi connectivity index (χ0) is 21.4. The highest BCUT2D eigenvalue weighted by Gasteiger charge is 2.52. The van der Waals surface area contributed by atoms with E-state index >= 15 is 0 Å². The lowest BCUT2D eigenvalue weighted by atomic mass is 9.89. The smallest absolute Gasteiger partial charge is 0.271 e. The van der Waals surface area contributed by atoms with Gasteiger partial charge in [-0.25, -0.2) is 0 Å². The van der Waals surface area contributed by atoms with Gasteiger partial charge in [0.15, 0.2) is 0 Å². The molecule has 1 saturated heterocycles. The molecule has 8 heteroatoms. The molecule has 6 nitrogen and oxygen atoms in total. The van der Waals surface area contributed by atoms with Gasteiger partial charge in [-0.2, -0.15) is 0 Å². The maximum absolute atomic E-state index is 13.1. The number of β-lactam (4-membered cyclic amide) rings is 1. The largest absolute Gasteiger partial charge is 0.478 e. The summed E-state index contributed by atoms with van der Waals surface area (Å²) in [7, 11) is 0. The summed E-state index contributed by atoms with van der Waals surface area (Å²) in [6.45, 7) is 1.84. The number of ether oxygens (including phenoxy) is 1. The number of benzene rings is 3. The number of anilines is 1. The maximum Gasteiger partial charge on any atom is 0.271 e. The predicted octanol–water partition coefficient (Wildman–Crippen LogP) is 5.75. The number of carbonyl (C=O) groups excluding carboxylic acids is 1. The maximum atomic E-state index is 13.1. The number of rotatable bonds is 5. The molecule has 152 valence electrons. The third kappa shape index (κ3) is 3.60. The van der Waals surface area contributed by atoms with E-state index in [-0.39, 0.29) is 11.6 Å². The van der Waals surface area contributed by atoms with Crippen molar-refractivity contribution < 1.29 is 14.5 Å². The number of aryl methyl sites for hydroxylation is 1. The lowest BCUT2D eigenvalue weighted by Crippen LogP contribution is -2.61. The molecule has 0 unspecified atom stereocenters. The Kier molecular flexibility index (Phi) is 5.37. The third-order valence-electron chi connectivity index (χ3n) is 4.98. The fourth-order valence-electron chi connectivity index (χ4n) is 3.52. The van der Waals surface area contributed by atoms with Gasteiger partial charge in [-0.15, -0.1) is 0 Å². The fourth-order valence-corrected chi connectivity index (χ4v) is 3.99. The Morgan fingerprint density at radius 1 is 1.03 bits per heavy atom. The molecule has 0 N–H and O–H groups in total. The van der Waals surface area contributed by atoms with Crippen LogP contribution in [0.5, 0.6) is 5.75 Å². The van der Waals surface area contributed by atoms with Crippen molar-refractivity contribution in [2.75, 3.05) is 4.90 Å². The molecule has 0 radical (unpaired) electrons. The Labute approximate surface area is 182 Å². The van der Waals surface area contributed by atoms with Crippen LogP contribution >= 0.6 is 23.2 Å². The second-order valence-corrected chi connectivity index (χ2v) is 7.74. The van der Waals surface area contributed by atoms with Crippen LogP contribution in [0.2, 0.25) is 10.0 Å². The molecule has 0 bridgehead atoms. The zero-order valence-corrected chi connectivity index (χ0v) is 17.3. The molecular weight excluding hydrogens is 427 g/mol. The van der Waals surface area contributed by atoms with Gasteiger partial charge in [0.25, 0.3) is 11.6 Å². The van der Waals surface area contributed by atoms with Crippen LogP contribution in [0.1, 0.15) is 17.2 Å². The molecule has 1 fully saturated rings. The van der Waals surface area contributed by atoms with Gasteiger partial charge in [0, 0.05) is 22.2 Å². The van der Waals surface area contributed by atoms with Gasteiger partial charge in [0.1, 0.15) is 11.8 Å². The quantitative estimate of drug-likeness (QED) is 0.286. The normalized spacial score (nSPS) is 18.1. The highest BCUT2D eigenvalue weighted by molar-refractivity contribution is 6.31. The fraction of sp³-hybridized carbons (Fsp3) is 0.136. The molecular formula is C22H16Cl2N2O4. The molecule has 1 amide bonds. The number of halogens is 2. The van der Waals surface area contributed by atoms with E-state index in [0.29, 0.717) is 27.0 Å². The molecule has 2 atom stereocenters. The van der Waals surface area contributed by atoms with Gasteiger partial charge >= 0.3 is 0 Å². The minimum atomic E-state index is -0.830. The van der Waals surface area contributed by atoms with Crippen LogP contribution in [0.25, 0.3) is 0 Å². The Bertz CT molecular complexity index is 1150. The van der Waals surface area contributed by atoms with E-state index in [1.165, 1.54) is 17.0 Å². The van der Waals surface area contributed by atoms with Gasteiger partial charge in [-0.1, -0.05) is 47.5 Å². The van der Waals surface area contributed by atoms with Gasteiger partial charge in [-0.3, -0.25) is 19.8 Å². The Balaban J connectivity index is 1.74. The average Bonchev–Trinajstić information content (AvgIpc) is 2.72. The number of amides is 1. The van der Waals surface area contributed by atoms with Gasteiger partial charge < -0.3 is 4.74 Å². The molecule has 0 aromatic heterocycles. The lowest BCUT2D eigenvalue weighted by molar-refractivity contribution is -0.384. The average molecular weight is 443 g/mol. The third-order valence-corrected chi connectivity index (χ3v) is 5.56. The number of nitrogens with zero attached hydrogens (tertiary/aromatic N) is 2. The van der Waals surface area contributed by atoms with Gasteiger partial charge in [-0.05, 0) is 48.4 Å². The number of carbonyl (C=O) groups is 1. The lowest BCUT2D eigenvalue weighted by Gasteiger charge is -2.47. The number of hydrogen-bond acceptors (Lipinski definition) is 4. The number of nitro groups is 1. The van der Waals surface area contributed by atoms with Crippen LogP contribution in [0.15, 0.2) is 66.7 Å². The van der Waals surface area contributed by atoms with E-state index in [1.54, 1.807) is 42.5 Å². The van der Waals surface area contributed by atoms with Crippen LogP contribution in [0.3, 0.4) is 0 Å². The van der Waals surface area contributed by atoms with E-state index in [0.717, 1.165) is 5.56 Å². The monoisotopic (exact) mass is 442 g/mol. The molecule has 1 aliphatic rings. The van der Waals surface area contributed by atoms with E-state index in [9.17, 15) is 14.9 Å². The summed E-state index contributed by atoms with van der Waals surface area (Å²) in [5.74, 6) is 0.225. The van der Waals surface area contributed by atoms with Crippen LogP contribution < -0.4 is 9.64 Å². The van der Waals surface area contributed by atoms with Crippen LogP contribution in [0, 0.1) is 17.0 Å². The van der Waals surface area contributed by atoms with Crippen molar-refractivity contribution in [3.05, 3.63) is 98.0 Å². The summed E-state index contributed by atoms with van der Waals surface area (Å²) in [6.07, 6.45) is -0.830. The Morgan fingerprint density at radius 3 is 2.50 bits per heavy atom. The summed E-state index contributed by atoms with van der Waals surface area (Å²) >= 11 is 12.4. The standard InChI is InChI=1S/C22H16Cl2N2O4/c1-13-11-14(23)9-10-19(13)30-21-20(17-7-2-3-8-18(17)24)25(22(21)27)15-5-4-6-16(12-15)26(28)29/h2-12,20-21H,1H3/t20-,21-/m0/s1. The summed E-state index contributed by atoms with van der Waals surface area (Å²) in [4.78, 5) is 25.2. The molecule has 0 spiro atoms. The highest BCUT2D eigenvalue weighted by atomic mass is 35.5. The van der Waals surface area contributed by atoms with Crippen molar-refractivity contribution in [1.82, 2.24) is 0 Å². The summed E-state index contributed by atoms with van der Waals surface area (Å²) < 4.78 is 6.06. The molecule has 0 saturated carbocycles.